The summed E-state index contributed by atoms with van der Waals surface area (Å²) in [4.78, 5) is 24.4. The summed E-state index contributed by atoms with van der Waals surface area (Å²) in [6.45, 7) is -0.915. The highest BCUT2D eigenvalue weighted by Gasteiger charge is 2.51. The molecule has 2 aliphatic carbocycles. The van der Waals surface area contributed by atoms with E-state index in [1.165, 1.54) is 6.07 Å². The van der Waals surface area contributed by atoms with E-state index in [1.807, 2.05) is 31.2 Å². The zero-order chi connectivity index (χ0) is 28.0. The third-order valence-electron chi connectivity index (χ3n) is 8.73. The summed E-state index contributed by atoms with van der Waals surface area (Å²) in [6.07, 6.45) is 3.55. The Bertz CT molecular complexity index is 1660. The quantitative estimate of drug-likeness (QED) is 0.388. The molecule has 4 aromatic rings. The number of imidazole rings is 1. The number of hydrogen-bond donors (Lipinski definition) is 2. The van der Waals surface area contributed by atoms with E-state index in [9.17, 15) is 18.7 Å². The van der Waals surface area contributed by atoms with Crippen molar-refractivity contribution in [2.45, 2.75) is 50.3 Å². The average molecular weight is 547 g/mol. The van der Waals surface area contributed by atoms with E-state index < -0.39 is 18.1 Å². The third-order valence-corrected chi connectivity index (χ3v) is 8.73. The smallest absolute Gasteiger partial charge is 0.387 e. The summed E-state index contributed by atoms with van der Waals surface area (Å²) in [5.74, 6) is -0.676. The molecule has 4 heterocycles. The number of carbonyl (C=O) groups is 1. The van der Waals surface area contributed by atoms with Crippen LogP contribution in [0.5, 0.6) is 5.75 Å². The molecule has 1 amide bonds. The van der Waals surface area contributed by atoms with Crippen LogP contribution in [0.2, 0.25) is 0 Å². The van der Waals surface area contributed by atoms with Gasteiger partial charge in [-0.25, -0.2) is 9.50 Å². The highest BCUT2D eigenvalue weighted by molar-refractivity contribution is 5.98. The van der Waals surface area contributed by atoms with Crippen LogP contribution in [-0.4, -0.2) is 55.8 Å². The Morgan fingerprint density at radius 1 is 1.20 bits per heavy atom. The fraction of sp³-hybridized carbons (Fsp3) is 0.379. The predicted molar refractivity (Wildman–Crippen MR) is 141 cm³/mol. The SMILES string of the molecule is CN1C(=O)c2cccc(OC(F)F)c2C2CC1c1nc3ccc(-c4ccc(C5(N)CC(C)(CO)C5)nc4)nn3c12. The standard InChI is InChI=1S/C29H28F2N6O3/c1-28(14-38)12-29(32,13-28)21-8-6-15(11-33-21)18-7-9-22-34-24-19-10-17(25(24)37(22)35-18)23-16(26(39)36(19)2)4-3-5-20(23)40-27(30)31/h3-9,11,17,19,27,38H,10,12-14,32H2,1-2H3. The molecule has 0 radical (unpaired) electrons. The Kier molecular flexibility index (Phi) is 5.33. The third kappa shape index (κ3) is 3.57. The van der Waals surface area contributed by atoms with Crippen LogP contribution in [0, 0.1) is 5.41 Å². The summed E-state index contributed by atoms with van der Waals surface area (Å²) in [6, 6.07) is 11.9. The van der Waals surface area contributed by atoms with Gasteiger partial charge in [-0.15, -0.1) is 0 Å². The van der Waals surface area contributed by atoms with Gasteiger partial charge < -0.3 is 20.5 Å². The maximum atomic E-state index is 13.3. The van der Waals surface area contributed by atoms with E-state index in [0.29, 0.717) is 47.4 Å². The number of aliphatic hydroxyl groups is 1. The van der Waals surface area contributed by atoms with Crippen LogP contribution in [0.4, 0.5) is 8.78 Å². The minimum Gasteiger partial charge on any atom is -0.434 e. The molecule has 11 heteroatoms. The summed E-state index contributed by atoms with van der Waals surface area (Å²) >= 11 is 0. The van der Waals surface area contributed by atoms with Gasteiger partial charge in [0, 0.05) is 42.5 Å². The van der Waals surface area contributed by atoms with Gasteiger partial charge in [-0.3, -0.25) is 9.78 Å². The predicted octanol–water partition coefficient (Wildman–Crippen LogP) is 4.00. The first-order valence-electron chi connectivity index (χ1n) is 13.2. The van der Waals surface area contributed by atoms with Gasteiger partial charge in [0.05, 0.1) is 34.4 Å². The van der Waals surface area contributed by atoms with Crippen molar-refractivity contribution in [2.75, 3.05) is 13.7 Å². The van der Waals surface area contributed by atoms with Gasteiger partial charge in [0.15, 0.2) is 5.65 Å². The number of aromatic nitrogens is 4. The van der Waals surface area contributed by atoms with Crippen LogP contribution in [-0.2, 0) is 5.54 Å². The maximum absolute atomic E-state index is 13.3. The number of pyridine rings is 1. The minimum atomic E-state index is -3.02. The first-order chi connectivity index (χ1) is 19.1. The minimum absolute atomic E-state index is 0.0114. The average Bonchev–Trinajstić information content (AvgIpc) is 3.45. The van der Waals surface area contributed by atoms with Crippen LogP contribution in [0.15, 0.2) is 48.7 Å². The van der Waals surface area contributed by atoms with Crippen LogP contribution in [0.1, 0.15) is 71.1 Å². The van der Waals surface area contributed by atoms with E-state index in [-0.39, 0.29) is 29.7 Å². The molecule has 1 saturated carbocycles. The van der Waals surface area contributed by atoms with Crippen LogP contribution in [0.25, 0.3) is 16.9 Å². The second-order valence-electron chi connectivity index (χ2n) is 11.6. The van der Waals surface area contributed by atoms with Crippen molar-refractivity contribution in [1.82, 2.24) is 24.5 Å². The number of ether oxygens (including phenoxy) is 1. The number of halogens is 2. The van der Waals surface area contributed by atoms with Crippen molar-refractivity contribution in [2.24, 2.45) is 11.1 Å². The van der Waals surface area contributed by atoms with E-state index in [1.54, 1.807) is 34.8 Å². The number of fused-ring (bicyclic) bond motifs is 9. The molecule has 2 unspecified atom stereocenters. The monoisotopic (exact) mass is 546 g/mol. The number of carbonyl (C=O) groups excluding carboxylic acids is 1. The Morgan fingerprint density at radius 3 is 2.70 bits per heavy atom. The van der Waals surface area contributed by atoms with Crippen molar-refractivity contribution in [3.8, 4) is 17.0 Å². The fourth-order valence-corrected chi connectivity index (χ4v) is 6.96. The van der Waals surface area contributed by atoms with Crippen LogP contribution < -0.4 is 10.5 Å². The molecule has 1 fully saturated rings. The number of benzene rings is 1. The highest BCUT2D eigenvalue weighted by Crippen LogP contribution is 2.53. The molecule has 7 rings (SSSR count). The Hall–Kier alpha value is -3.96. The summed E-state index contributed by atoms with van der Waals surface area (Å²) in [5.41, 5.74) is 10.9. The van der Waals surface area contributed by atoms with E-state index >= 15 is 0 Å². The highest BCUT2D eigenvalue weighted by atomic mass is 19.3. The number of aliphatic hydroxyl groups excluding tert-OH is 1. The molecule has 9 nitrogen and oxygen atoms in total. The molecule has 40 heavy (non-hydrogen) atoms. The zero-order valence-corrected chi connectivity index (χ0v) is 22.0. The first-order valence-corrected chi connectivity index (χ1v) is 13.2. The molecule has 3 N–H and O–H groups in total. The number of rotatable bonds is 5. The Morgan fingerprint density at radius 2 is 2.00 bits per heavy atom. The lowest BCUT2D eigenvalue weighted by Gasteiger charge is -2.51. The molecular formula is C29H28F2N6O3. The van der Waals surface area contributed by atoms with Gasteiger partial charge >= 0.3 is 6.61 Å². The second kappa shape index (κ2) is 8.52. The van der Waals surface area contributed by atoms with Crippen molar-refractivity contribution in [3.63, 3.8) is 0 Å². The van der Waals surface area contributed by atoms with Crippen molar-refractivity contribution >= 4 is 11.6 Å². The molecule has 1 aromatic carbocycles. The lowest BCUT2D eigenvalue weighted by Crippen LogP contribution is -2.56. The second-order valence-corrected chi connectivity index (χ2v) is 11.6. The van der Waals surface area contributed by atoms with Gasteiger partial charge in [0.1, 0.15) is 5.75 Å². The molecule has 0 spiro atoms. The van der Waals surface area contributed by atoms with Gasteiger partial charge in [0.2, 0.25) is 0 Å². The number of nitrogens with zero attached hydrogens (tertiary/aromatic N) is 5. The number of nitrogens with two attached hydrogens (primary N) is 1. The number of amides is 1. The molecule has 206 valence electrons. The maximum Gasteiger partial charge on any atom is 0.387 e. The van der Waals surface area contributed by atoms with Crippen molar-refractivity contribution in [3.05, 3.63) is 76.9 Å². The first kappa shape index (κ1) is 25.0. The number of alkyl halides is 2. The molecule has 3 aliphatic rings. The Labute approximate surface area is 228 Å². The molecule has 2 atom stereocenters. The van der Waals surface area contributed by atoms with Gasteiger partial charge in [0.25, 0.3) is 5.91 Å². The lowest BCUT2D eigenvalue weighted by atomic mass is 9.58. The van der Waals surface area contributed by atoms with E-state index in [4.69, 9.17) is 20.6 Å². The molecular weight excluding hydrogens is 518 g/mol. The summed E-state index contributed by atoms with van der Waals surface area (Å²) < 4.78 is 33.3. The largest absolute Gasteiger partial charge is 0.434 e. The van der Waals surface area contributed by atoms with Gasteiger partial charge in [-0.05, 0) is 61.1 Å². The van der Waals surface area contributed by atoms with Crippen LogP contribution in [0.3, 0.4) is 0 Å². The molecule has 1 aliphatic heterocycles. The topological polar surface area (TPSA) is 119 Å². The Balaban J connectivity index is 1.30. The van der Waals surface area contributed by atoms with Gasteiger partial charge in [-0.2, -0.15) is 13.9 Å². The lowest BCUT2D eigenvalue weighted by molar-refractivity contribution is -0.0506. The molecule has 2 bridgehead atoms. The van der Waals surface area contributed by atoms with E-state index in [2.05, 4.69) is 4.98 Å². The molecule has 0 saturated heterocycles. The normalized spacial score (nSPS) is 27.0. The van der Waals surface area contributed by atoms with E-state index in [0.717, 1.165) is 17.0 Å². The zero-order valence-electron chi connectivity index (χ0n) is 22.0. The number of hydrogen-bond acceptors (Lipinski definition) is 7. The van der Waals surface area contributed by atoms with Crippen LogP contribution >= 0.6 is 0 Å². The van der Waals surface area contributed by atoms with Gasteiger partial charge in [-0.1, -0.05) is 13.0 Å². The van der Waals surface area contributed by atoms with Crippen molar-refractivity contribution < 1.29 is 23.4 Å². The summed E-state index contributed by atoms with van der Waals surface area (Å²) in [5, 5.41) is 14.5. The molecule has 3 aromatic heterocycles. The fourth-order valence-electron chi connectivity index (χ4n) is 6.96. The summed E-state index contributed by atoms with van der Waals surface area (Å²) in [7, 11) is 1.71. The van der Waals surface area contributed by atoms with Crippen molar-refractivity contribution in [1.29, 1.82) is 0 Å².